The van der Waals surface area contributed by atoms with E-state index in [-0.39, 0.29) is 11.8 Å². The van der Waals surface area contributed by atoms with Crippen LogP contribution in [0.3, 0.4) is 0 Å². The number of carbonyl (C=O) groups excluding carboxylic acids is 1. The van der Waals surface area contributed by atoms with Gasteiger partial charge in [-0.15, -0.1) is 0 Å². The van der Waals surface area contributed by atoms with E-state index in [4.69, 9.17) is 10.00 Å². The second kappa shape index (κ2) is 7.19. The molecule has 3 rings (SSSR count). The summed E-state index contributed by atoms with van der Waals surface area (Å²) >= 11 is 0. The Morgan fingerprint density at radius 3 is 2.60 bits per heavy atom. The van der Waals surface area contributed by atoms with Gasteiger partial charge in [-0.1, -0.05) is 18.2 Å². The van der Waals surface area contributed by atoms with E-state index in [1.54, 1.807) is 30.3 Å². The maximum Gasteiger partial charge on any atom is 0.322 e. The highest BCUT2D eigenvalue weighted by Gasteiger charge is 2.09. The van der Waals surface area contributed by atoms with Crippen molar-refractivity contribution in [2.24, 2.45) is 0 Å². The van der Waals surface area contributed by atoms with E-state index >= 15 is 0 Å². The van der Waals surface area contributed by atoms with E-state index in [0.717, 1.165) is 0 Å². The smallest absolute Gasteiger partial charge is 0.322 e. The molecule has 122 valence electrons. The van der Waals surface area contributed by atoms with Gasteiger partial charge in [-0.3, -0.25) is 4.79 Å². The lowest BCUT2D eigenvalue weighted by Crippen LogP contribution is -2.12. The monoisotopic (exact) mass is 334 g/mol. The van der Waals surface area contributed by atoms with Gasteiger partial charge in [-0.2, -0.15) is 5.26 Å². The van der Waals surface area contributed by atoms with Crippen LogP contribution >= 0.6 is 0 Å². The minimum atomic E-state index is -0.527. The molecule has 6 nitrogen and oxygen atoms in total. The number of nitrogens with zero attached hydrogens (tertiary/aromatic N) is 3. The molecule has 0 aliphatic carbocycles. The molecule has 0 aliphatic heterocycles. The number of halogens is 1. The fourth-order valence-corrected chi connectivity index (χ4v) is 1.99. The second-order valence-corrected chi connectivity index (χ2v) is 4.93. The normalized spacial score (nSPS) is 9.92. The molecule has 3 aromatic rings. The first-order valence-corrected chi connectivity index (χ1v) is 7.21. The van der Waals surface area contributed by atoms with Gasteiger partial charge in [0.25, 0.3) is 5.91 Å². The zero-order valence-electron chi connectivity index (χ0n) is 12.8. The quantitative estimate of drug-likeness (QED) is 0.788. The van der Waals surface area contributed by atoms with Crippen LogP contribution in [0.2, 0.25) is 0 Å². The van der Waals surface area contributed by atoms with Crippen LogP contribution in [0, 0.1) is 17.1 Å². The van der Waals surface area contributed by atoms with Crippen LogP contribution in [0.1, 0.15) is 15.9 Å². The fourth-order valence-electron chi connectivity index (χ4n) is 1.99. The molecule has 7 heteroatoms. The number of carbonyl (C=O) groups is 1. The van der Waals surface area contributed by atoms with E-state index in [1.165, 1.54) is 30.6 Å². The van der Waals surface area contributed by atoms with Crippen molar-refractivity contribution >= 4 is 11.6 Å². The van der Waals surface area contributed by atoms with Crippen molar-refractivity contribution in [3.63, 3.8) is 0 Å². The molecule has 1 aromatic heterocycles. The van der Waals surface area contributed by atoms with Gasteiger partial charge in [0.15, 0.2) is 11.6 Å². The van der Waals surface area contributed by atoms with Crippen LogP contribution in [0.5, 0.6) is 11.8 Å². The van der Waals surface area contributed by atoms with Gasteiger partial charge in [-0.25, -0.2) is 14.4 Å². The van der Waals surface area contributed by atoms with Gasteiger partial charge in [0.2, 0.25) is 0 Å². The maximum absolute atomic E-state index is 13.5. The average molecular weight is 334 g/mol. The first-order valence-electron chi connectivity index (χ1n) is 7.21. The Morgan fingerprint density at radius 1 is 1.12 bits per heavy atom. The number of nitrogens with one attached hydrogen (secondary N) is 1. The van der Waals surface area contributed by atoms with Crippen LogP contribution in [-0.2, 0) is 0 Å². The van der Waals surface area contributed by atoms with Crippen LogP contribution in [0.4, 0.5) is 10.1 Å². The molecule has 25 heavy (non-hydrogen) atoms. The molecule has 1 N–H and O–H groups in total. The van der Waals surface area contributed by atoms with Crippen LogP contribution in [-0.4, -0.2) is 15.9 Å². The molecule has 1 amide bonds. The number of ether oxygens (including phenoxy) is 1. The molecule has 0 radical (unpaired) electrons. The highest BCUT2D eigenvalue weighted by molar-refractivity contribution is 6.04. The highest BCUT2D eigenvalue weighted by Crippen LogP contribution is 2.21. The zero-order chi connectivity index (χ0) is 17.6. The van der Waals surface area contributed by atoms with Crippen molar-refractivity contribution in [3.8, 4) is 17.8 Å². The van der Waals surface area contributed by atoms with Crippen LogP contribution in [0.15, 0.2) is 60.9 Å². The minimum absolute atomic E-state index is 0.00704. The largest absolute Gasteiger partial charge is 0.421 e. The van der Waals surface area contributed by atoms with Gasteiger partial charge in [-0.05, 0) is 30.3 Å². The van der Waals surface area contributed by atoms with Crippen molar-refractivity contribution in [2.75, 3.05) is 5.32 Å². The van der Waals surface area contributed by atoms with Crippen molar-refractivity contribution in [2.45, 2.75) is 0 Å². The van der Waals surface area contributed by atoms with Gasteiger partial charge >= 0.3 is 6.01 Å². The number of nitriles is 1. The lowest BCUT2D eigenvalue weighted by molar-refractivity contribution is 0.102. The number of aromatic nitrogens is 2. The van der Waals surface area contributed by atoms with Gasteiger partial charge < -0.3 is 10.1 Å². The Balaban J connectivity index is 1.69. The van der Waals surface area contributed by atoms with Gasteiger partial charge in [0.1, 0.15) is 0 Å². The summed E-state index contributed by atoms with van der Waals surface area (Å²) in [5.41, 5.74) is 1.07. The molecule has 0 saturated heterocycles. The summed E-state index contributed by atoms with van der Waals surface area (Å²) in [6.07, 6.45) is 2.68. The van der Waals surface area contributed by atoms with Gasteiger partial charge in [0.05, 0.1) is 29.7 Å². The Hall–Kier alpha value is -3.79. The average Bonchev–Trinajstić information content (AvgIpc) is 2.65. The molecule has 1 heterocycles. The Morgan fingerprint density at radius 2 is 1.88 bits per heavy atom. The Kier molecular flexibility index (Phi) is 4.62. The SMILES string of the molecule is N#Cc1cccc(C(=O)Nc2cnc(Oc3ccccc3F)nc2)c1. The first-order chi connectivity index (χ1) is 12.2. The number of benzene rings is 2. The second-order valence-electron chi connectivity index (χ2n) is 4.93. The third kappa shape index (κ3) is 3.95. The van der Waals surface area contributed by atoms with Crippen molar-refractivity contribution in [3.05, 3.63) is 77.9 Å². The standard InChI is InChI=1S/C18H11FN4O2/c19-15-6-1-2-7-16(15)25-18-21-10-14(11-22-18)23-17(24)13-5-3-4-12(8-13)9-20/h1-8,10-11H,(H,23,24). The molecule has 0 aliphatic rings. The lowest BCUT2D eigenvalue weighted by Gasteiger charge is -2.07. The van der Waals surface area contributed by atoms with E-state index in [1.807, 2.05) is 6.07 Å². The van der Waals surface area contributed by atoms with E-state index < -0.39 is 11.7 Å². The predicted octanol–water partition coefficient (Wildman–Crippen LogP) is 3.53. The van der Waals surface area contributed by atoms with E-state index in [2.05, 4.69) is 15.3 Å². The molecule has 0 bridgehead atoms. The number of rotatable bonds is 4. The maximum atomic E-state index is 13.5. The van der Waals surface area contributed by atoms with Crippen molar-refractivity contribution < 1.29 is 13.9 Å². The van der Waals surface area contributed by atoms with Crippen LogP contribution in [0.25, 0.3) is 0 Å². The zero-order valence-corrected chi connectivity index (χ0v) is 12.8. The fraction of sp³-hybridized carbons (Fsp3) is 0. The summed E-state index contributed by atoms with van der Waals surface area (Å²) < 4.78 is 18.8. The van der Waals surface area contributed by atoms with E-state index in [0.29, 0.717) is 16.8 Å². The summed E-state index contributed by atoms with van der Waals surface area (Å²) in [6, 6.07) is 14.1. The predicted molar refractivity (Wildman–Crippen MR) is 87.6 cm³/mol. The Labute approximate surface area is 142 Å². The number of amides is 1. The first kappa shape index (κ1) is 16.1. The molecule has 0 fully saturated rings. The summed E-state index contributed by atoms with van der Waals surface area (Å²) in [5, 5.41) is 11.5. The lowest BCUT2D eigenvalue weighted by atomic mass is 10.1. The molecule has 0 saturated carbocycles. The minimum Gasteiger partial charge on any atom is -0.421 e. The van der Waals surface area contributed by atoms with Gasteiger partial charge in [0, 0.05) is 5.56 Å². The van der Waals surface area contributed by atoms with Crippen molar-refractivity contribution in [1.29, 1.82) is 5.26 Å². The summed E-state index contributed by atoms with van der Waals surface area (Å²) in [6.45, 7) is 0. The topological polar surface area (TPSA) is 87.9 Å². The van der Waals surface area contributed by atoms with Crippen molar-refractivity contribution in [1.82, 2.24) is 9.97 Å². The highest BCUT2D eigenvalue weighted by atomic mass is 19.1. The molecule has 0 atom stereocenters. The van der Waals surface area contributed by atoms with E-state index in [9.17, 15) is 9.18 Å². The molecular formula is C18H11FN4O2. The molecule has 0 spiro atoms. The summed E-state index contributed by atoms with van der Waals surface area (Å²) in [4.78, 5) is 20.0. The number of hydrogen-bond acceptors (Lipinski definition) is 5. The molecular weight excluding hydrogens is 323 g/mol. The molecule has 2 aromatic carbocycles. The third-order valence-electron chi connectivity index (χ3n) is 3.18. The summed E-state index contributed by atoms with van der Waals surface area (Å²) in [7, 11) is 0. The summed E-state index contributed by atoms with van der Waals surface area (Å²) in [5.74, 6) is -0.920. The number of hydrogen-bond donors (Lipinski definition) is 1. The number of anilines is 1. The molecule has 0 unspecified atom stereocenters. The van der Waals surface area contributed by atoms with Crippen LogP contribution < -0.4 is 10.1 Å². The Bertz CT molecular complexity index is 952. The number of para-hydroxylation sites is 1. The third-order valence-corrected chi connectivity index (χ3v) is 3.18.